The Kier molecular flexibility index (Phi) is 1.81. The molecule has 1 aliphatic rings. The summed E-state index contributed by atoms with van der Waals surface area (Å²) in [6.45, 7) is 0. The maximum atomic E-state index is 12.7. The van der Waals surface area contributed by atoms with E-state index >= 15 is 0 Å². The van der Waals surface area contributed by atoms with Crippen LogP contribution in [0.5, 0.6) is 0 Å². The highest BCUT2D eigenvalue weighted by atomic mass is 19.1. The summed E-state index contributed by atoms with van der Waals surface area (Å²) in [6, 6.07) is 1.45. The molecule has 0 radical (unpaired) electrons. The first kappa shape index (κ1) is 7.68. The molecule has 2 nitrogen and oxygen atoms in total. The Labute approximate surface area is 70.6 Å². The standard InChI is InChI=1S/C9H11FN2/c10-8-3-7(4-12-5-8)9(11)6-1-2-6/h3-6,9H,1-2,11H2. The van der Waals surface area contributed by atoms with Gasteiger partial charge in [0.15, 0.2) is 0 Å². The lowest BCUT2D eigenvalue weighted by atomic mass is 10.1. The van der Waals surface area contributed by atoms with Crippen molar-refractivity contribution in [1.82, 2.24) is 4.98 Å². The number of nitrogens with zero attached hydrogens (tertiary/aromatic N) is 1. The number of halogens is 1. The van der Waals surface area contributed by atoms with Crippen molar-refractivity contribution in [1.29, 1.82) is 0 Å². The molecule has 1 aromatic rings. The second-order valence-corrected chi connectivity index (χ2v) is 3.30. The van der Waals surface area contributed by atoms with Crippen molar-refractivity contribution >= 4 is 0 Å². The summed E-state index contributed by atoms with van der Waals surface area (Å²) >= 11 is 0. The Morgan fingerprint density at radius 3 is 2.83 bits per heavy atom. The number of hydrogen-bond donors (Lipinski definition) is 1. The minimum atomic E-state index is -0.302. The van der Waals surface area contributed by atoms with Crippen molar-refractivity contribution in [2.45, 2.75) is 18.9 Å². The fourth-order valence-corrected chi connectivity index (χ4v) is 1.34. The normalized spacial score (nSPS) is 19.2. The van der Waals surface area contributed by atoms with Crippen molar-refractivity contribution in [2.75, 3.05) is 0 Å². The van der Waals surface area contributed by atoms with Crippen molar-refractivity contribution in [3.63, 3.8) is 0 Å². The van der Waals surface area contributed by atoms with Gasteiger partial charge in [0.25, 0.3) is 0 Å². The number of nitrogens with two attached hydrogens (primary N) is 1. The Hall–Kier alpha value is -0.960. The van der Waals surface area contributed by atoms with E-state index in [-0.39, 0.29) is 11.9 Å². The summed E-state index contributed by atoms with van der Waals surface area (Å²) in [7, 11) is 0. The molecule has 0 saturated heterocycles. The van der Waals surface area contributed by atoms with E-state index in [4.69, 9.17) is 5.73 Å². The van der Waals surface area contributed by atoms with Gasteiger partial charge >= 0.3 is 0 Å². The predicted molar refractivity (Wildman–Crippen MR) is 43.8 cm³/mol. The maximum absolute atomic E-state index is 12.7. The van der Waals surface area contributed by atoms with E-state index in [1.807, 2.05) is 0 Å². The first-order chi connectivity index (χ1) is 5.77. The summed E-state index contributed by atoms with van der Waals surface area (Å²) in [4.78, 5) is 3.76. The van der Waals surface area contributed by atoms with E-state index in [0.717, 1.165) is 18.4 Å². The first-order valence-corrected chi connectivity index (χ1v) is 4.13. The molecule has 1 unspecified atom stereocenters. The fraction of sp³-hybridized carbons (Fsp3) is 0.444. The Morgan fingerprint density at radius 2 is 2.25 bits per heavy atom. The Balaban J connectivity index is 2.20. The second kappa shape index (κ2) is 2.83. The molecular weight excluding hydrogens is 155 g/mol. The third kappa shape index (κ3) is 1.46. The van der Waals surface area contributed by atoms with Gasteiger partial charge in [-0.15, -0.1) is 0 Å². The number of pyridine rings is 1. The topological polar surface area (TPSA) is 38.9 Å². The van der Waals surface area contributed by atoms with Crippen LogP contribution in [-0.4, -0.2) is 4.98 Å². The molecule has 0 amide bonds. The quantitative estimate of drug-likeness (QED) is 0.725. The molecule has 1 heterocycles. The molecule has 0 spiro atoms. The molecule has 1 fully saturated rings. The van der Waals surface area contributed by atoms with Crippen LogP contribution < -0.4 is 5.73 Å². The van der Waals surface area contributed by atoms with Crippen molar-refractivity contribution in [3.05, 3.63) is 29.8 Å². The van der Waals surface area contributed by atoms with Crippen molar-refractivity contribution < 1.29 is 4.39 Å². The highest BCUT2D eigenvalue weighted by molar-refractivity contribution is 5.16. The molecule has 0 bridgehead atoms. The molecule has 1 saturated carbocycles. The minimum absolute atomic E-state index is 0.0202. The fourth-order valence-electron chi connectivity index (χ4n) is 1.34. The lowest BCUT2D eigenvalue weighted by molar-refractivity contribution is 0.594. The van der Waals surface area contributed by atoms with E-state index in [0.29, 0.717) is 5.92 Å². The van der Waals surface area contributed by atoms with Crippen LogP contribution in [0.25, 0.3) is 0 Å². The second-order valence-electron chi connectivity index (χ2n) is 3.30. The molecule has 64 valence electrons. The zero-order chi connectivity index (χ0) is 8.55. The summed E-state index contributed by atoms with van der Waals surface area (Å²) < 4.78 is 12.7. The van der Waals surface area contributed by atoms with Crippen LogP contribution in [0.3, 0.4) is 0 Å². The van der Waals surface area contributed by atoms with Crippen LogP contribution in [0.2, 0.25) is 0 Å². The van der Waals surface area contributed by atoms with Crippen LogP contribution >= 0.6 is 0 Å². The molecule has 1 aromatic heterocycles. The predicted octanol–water partition coefficient (Wildman–Crippen LogP) is 1.63. The van der Waals surface area contributed by atoms with E-state index < -0.39 is 0 Å². The summed E-state index contributed by atoms with van der Waals surface area (Å²) in [5.41, 5.74) is 6.68. The maximum Gasteiger partial charge on any atom is 0.141 e. The average Bonchev–Trinajstić information content (AvgIpc) is 2.85. The molecule has 2 N–H and O–H groups in total. The Bertz CT molecular complexity index is 284. The smallest absolute Gasteiger partial charge is 0.141 e. The monoisotopic (exact) mass is 166 g/mol. The van der Waals surface area contributed by atoms with Crippen molar-refractivity contribution in [3.8, 4) is 0 Å². The number of rotatable bonds is 2. The molecule has 0 aromatic carbocycles. The largest absolute Gasteiger partial charge is 0.324 e. The van der Waals surface area contributed by atoms with Gasteiger partial charge in [0.2, 0.25) is 0 Å². The molecular formula is C9H11FN2. The molecule has 0 aliphatic heterocycles. The lowest BCUT2D eigenvalue weighted by Gasteiger charge is -2.08. The van der Waals surface area contributed by atoms with Gasteiger partial charge < -0.3 is 5.73 Å². The zero-order valence-corrected chi connectivity index (χ0v) is 6.70. The third-order valence-electron chi connectivity index (χ3n) is 2.24. The van der Waals surface area contributed by atoms with E-state index in [1.54, 1.807) is 6.20 Å². The summed E-state index contributed by atoms with van der Waals surface area (Å²) in [6.07, 6.45) is 5.17. The molecule has 3 heteroatoms. The van der Waals surface area contributed by atoms with E-state index in [9.17, 15) is 4.39 Å². The molecule has 1 atom stereocenters. The van der Waals surface area contributed by atoms with E-state index in [2.05, 4.69) is 4.98 Å². The number of aromatic nitrogens is 1. The van der Waals surface area contributed by atoms with Crippen LogP contribution in [0.15, 0.2) is 18.5 Å². The zero-order valence-electron chi connectivity index (χ0n) is 6.70. The highest BCUT2D eigenvalue weighted by Crippen LogP contribution is 2.39. The first-order valence-electron chi connectivity index (χ1n) is 4.13. The van der Waals surface area contributed by atoms with E-state index in [1.165, 1.54) is 12.3 Å². The van der Waals surface area contributed by atoms with Crippen LogP contribution in [-0.2, 0) is 0 Å². The van der Waals surface area contributed by atoms with Gasteiger partial charge in [-0.2, -0.15) is 0 Å². The Morgan fingerprint density at radius 1 is 1.50 bits per heavy atom. The van der Waals surface area contributed by atoms with Gasteiger partial charge in [0, 0.05) is 12.2 Å². The van der Waals surface area contributed by atoms with Crippen LogP contribution in [0, 0.1) is 11.7 Å². The number of hydrogen-bond acceptors (Lipinski definition) is 2. The highest BCUT2D eigenvalue weighted by Gasteiger charge is 2.29. The summed E-state index contributed by atoms with van der Waals surface area (Å²) in [5.74, 6) is 0.247. The SMILES string of the molecule is NC(c1cncc(F)c1)C1CC1. The van der Waals surface area contributed by atoms with Crippen LogP contribution in [0.4, 0.5) is 4.39 Å². The molecule has 1 aliphatic carbocycles. The van der Waals surface area contributed by atoms with Crippen LogP contribution in [0.1, 0.15) is 24.4 Å². The van der Waals surface area contributed by atoms with Gasteiger partial charge in [-0.3, -0.25) is 4.98 Å². The van der Waals surface area contributed by atoms with Gasteiger partial charge in [0.1, 0.15) is 5.82 Å². The van der Waals surface area contributed by atoms with Gasteiger partial charge in [0.05, 0.1) is 6.20 Å². The van der Waals surface area contributed by atoms with Gasteiger partial charge in [-0.1, -0.05) is 0 Å². The molecule has 2 rings (SSSR count). The van der Waals surface area contributed by atoms with Gasteiger partial charge in [-0.25, -0.2) is 4.39 Å². The third-order valence-corrected chi connectivity index (χ3v) is 2.24. The minimum Gasteiger partial charge on any atom is -0.324 e. The van der Waals surface area contributed by atoms with Crippen molar-refractivity contribution in [2.24, 2.45) is 11.7 Å². The van der Waals surface area contributed by atoms with Gasteiger partial charge in [-0.05, 0) is 30.4 Å². The average molecular weight is 166 g/mol. The summed E-state index contributed by atoms with van der Waals surface area (Å²) in [5, 5.41) is 0. The molecule has 12 heavy (non-hydrogen) atoms. The lowest BCUT2D eigenvalue weighted by Crippen LogP contribution is -2.12.